The third-order valence-corrected chi connectivity index (χ3v) is 4.21. The van der Waals surface area contributed by atoms with Crippen molar-refractivity contribution in [1.82, 2.24) is 0 Å². The molecule has 1 unspecified atom stereocenters. The summed E-state index contributed by atoms with van der Waals surface area (Å²) in [6.45, 7) is 3.99. The molecule has 19 heavy (non-hydrogen) atoms. The number of nitrogens with two attached hydrogens (primary N) is 1. The first-order valence-electron chi connectivity index (χ1n) is 5.86. The molecule has 2 N–H and O–H groups in total. The fraction of sp³-hybridized carbons (Fsp3) is 0.200. The summed E-state index contributed by atoms with van der Waals surface area (Å²) >= 11 is 15.6. The van der Waals surface area contributed by atoms with Gasteiger partial charge in [-0.05, 0) is 60.4 Å². The topological polar surface area (TPSA) is 26.0 Å². The highest BCUT2D eigenvalue weighted by molar-refractivity contribution is 9.10. The average molecular weight is 359 g/mol. The summed E-state index contributed by atoms with van der Waals surface area (Å²) in [6.07, 6.45) is 0. The molecule has 0 aliphatic heterocycles. The number of benzene rings is 2. The van der Waals surface area contributed by atoms with Crippen molar-refractivity contribution in [2.24, 2.45) is 5.73 Å². The molecule has 2 aromatic carbocycles. The monoisotopic (exact) mass is 357 g/mol. The first-order chi connectivity index (χ1) is 8.88. The van der Waals surface area contributed by atoms with Gasteiger partial charge in [-0.25, -0.2) is 0 Å². The lowest BCUT2D eigenvalue weighted by molar-refractivity contribution is 0.859. The van der Waals surface area contributed by atoms with Crippen LogP contribution in [0.5, 0.6) is 0 Å². The average Bonchev–Trinajstić information content (AvgIpc) is 2.31. The van der Waals surface area contributed by atoms with Crippen molar-refractivity contribution < 1.29 is 0 Å². The third kappa shape index (κ3) is 3.32. The van der Waals surface area contributed by atoms with Crippen LogP contribution in [0.15, 0.2) is 34.8 Å². The van der Waals surface area contributed by atoms with E-state index < -0.39 is 0 Å². The lowest BCUT2D eigenvalue weighted by Crippen LogP contribution is -2.13. The molecule has 1 nitrogen and oxygen atoms in total. The van der Waals surface area contributed by atoms with Gasteiger partial charge in [0.1, 0.15) is 0 Å². The van der Waals surface area contributed by atoms with Crippen molar-refractivity contribution in [2.45, 2.75) is 19.9 Å². The predicted octanol–water partition coefficient (Wildman–Crippen LogP) is 5.42. The molecule has 4 heteroatoms. The van der Waals surface area contributed by atoms with Crippen LogP contribution in [-0.4, -0.2) is 0 Å². The Morgan fingerprint density at radius 1 is 1.00 bits per heavy atom. The van der Waals surface area contributed by atoms with Crippen molar-refractivity contribution in [3.05, 3.63) is 67.1 Å². The Balaban J connectivity index is 2.49. The van der Waals surface area contributed by atoms with Gasteiger partial charge in [0.05, 0.1) is 6.04 Å². The maximum absolute atomic E-state index is 6.35. The van der Waals surface area contributed by atoms with Gasteiger partial charge in [0.15, 0.2) is 0 Å². The molecular weight excluding hydrogens is 345 g/mol. The van der Waals surface area contributed by atoms with E-state index >= 15 is 0 Å². The predicted molar refractivity (Wildman–Crippen MR) is 86.1 cm³/mol. The molecule has 0 amide bonds. The number of rotatable bonds is 2. The highest BCUT2D eigenvalue weighted by Gasteiger charge is 2.14. The molecule has 2 rings (SSSR count). The molecule has 0 spiro atoms. The molecule has 1 atom stereocenters. The van der Waals surface area contributed by atoms with Gasteiger partial charge in [-0.3, -0.25) is 0 Å². The van der Waals surface area contributed by atoms with E-state index in [2.05, 4.69) is 15.9 Å². The van der Waals surface area contributed by atoms with Crippen molar-refractivity contribution in [1.29, 1.82) is 0 Å². The Morgan fingerprint density at radius 2 is 1.68 bits per heavy atom. The lowest BCUT2D eigenvalue weighted by atomic mass is 9.94. The van der Waals surface area contributed by atoms with E-state index in [1.165, 1.54) is 0 Å². The molecular formula is C15H14BrCl2N. The van der Waals surface area contributed by atoms with Gasteiger partial charge in [0, 0.05) is 14.5 Å². The van der Waals surface area contributed by atoms with Crippen LogP contribution in [-0.2, 0) is 0 Å². The minimum absolute atomic E-state index is 0.217. The molecule has 0 aliphatic carbocycles. The second kappa shape index (κ2) is 5.84. The van der Waals surface area contributed by atoms with Crippen LogP contribution in [0.3, 0.4) is 0 Å². The van der Waals surface area contributed by atoms with Gasteiger partial charge in [0.2, 0.25) is 0 Å². The second-order valence-electron chi connectivity index (χ2n) is 4.64. The molecule has 0 heterocycles. The quantitative estimate of drug-likeness (QED) is 0.761. The lowest BCUT2D eigenvalue weighted by Gasteiger charge is -2.17. The standard InChI is InChI=1S/C15H14BrCl2N/c1-8-4-14(18)9(2)3-13(8)15(19)10-5-11(16)7-12(17)6-10/h3-7,15H,19H2,1-2H3. The Kier molecular flexibility index (Phi) is 4.57. The van der Waals surface area contributed by atoms with E-state index in [-0.39, 0.29) is 6.04 Å². The van der Waals surface area contributed by atoms with Crippen LogP contribution in [0.4, 0.5) is 0 Å². The van der Waals surface area contributed by atoms with Crippen LogP contribution >= 0.6 is 39.1 Å². The summed E-state index contributed by atoms with van der Waals surface area (Å²) in [6, 6.07) is 9.49. The molecule has 0 saturated carbocycles. The fourth-order valence-electron chi connectivity index (χ4n) is 2.07. The normalized spacial score (nSPS) is 12.5. The highest BCUT2D eigenvalue weighted by atomic mass is 79.9. The zero-order chi connectivity index (χ0) is 14.2. The Labute approximate surface area is 131 Å². The van der Waals surface area contributed by atoms with Gasteiger partial charge in [0.25, 0.3) is 0 Å². The van der Waals surface area contributed by atoms with Crippen molar-refractivity contribution in [3.63, 3.8) is 0 Å². The number of hydrogen-bond acceptors (Lipinski definition) is 1. The van der Waals surface area contributed by atoms with Gasteiger partial charge in [-0.2, -0.15) is 0 Å². The number of hydrogen-bond donors (Lipinski definition) is 1. The van der Waals surface area contributed by atoms with Gasteiger partial charge in [-0.1, -0.05) is 45.2 Å². The van der Waals surface area contributed by atoms with Crippen molar-refractivity contribution in [2.75, 3.05) is 0 Å². The molecule has 2 aromatic rings. The maximum atomic E-state index is 6.35. The van der Waals surface area contributed by atoms with E-state index in [0.29, 0.717) is 5.02 Å². The van der Waals surface area contributed by atoms with E-state index in [0.717, 1.165) is 31.7 Å². The Bertz CT molecular complexity index is 606. The summed E-state index contributed by atoms with van der Waals surface area (Å²) in [7, 11) is 0. The minimum atomic E-state index is -0.217. The fourth-order valence-corrected chi connectivity index (χ4v) is 3.18. The SMILES string of the molecule is Cc1cc(C(N)c2cc(Cl)cc(Br)c2)c(C)cc1Cl. The molecule has 0 saturated heterocycles. The summed E-state index contributed by atoms with van der Waals surface area (Å²) < 4.78 is 0.925. The Morgan fingerprint density at radius 3 is 2.32 bits per heavy atom. The first kappa shape index (κ1) is 14.9. The summed E-state index contributed by atoms with van der Waals surface area (Å²) in [5.74, 6) is 0. The van der Waals surface area contributed by atoms with Gasteiger partial charge >= 0.3 is 0 Å². The van der Waals surface area contributed by atoms with Crippen LogP contribution in [0, 0.1) is 13.8 Å². The van der Waals surface area contributed by atoms with Crippen molar-refractivity contribution >= 4 is 39.1 Å². The molecule has 0 bridgehead atoms. The summed E-state index contributed by atoms with van der Waals surface area (Å²) in [5, 5.41) is 1.43. The highest BCUT2D eigenvalue weighted by Crippen LogP contribution is 2.30. The van der Waals surface area contributed by atoms with E-state index in [1.54, 1.807) is 0 Å². The van der Waals surface area contributed by atoms with E-state index in [4.69, 9.17) is 28.9 Å². The zero-order valence-electron chi connectivity index (χ0n) is 10.7. The first-order valence-corrected chi connectivity index (χ1v) is 7.41. The zero-order valence-corrected chi connectivity index (χ0v) is 13.8. The van der Waals surface area contributed by atoms with Crippen LogP contribution in [0.2, 0.25) is 10.0 Å². The second-order valence-corrected chi connectivity index (χ2v) is 6.40. The maximum Gasteiger partial charge on any atom is 0.0555 e. The molecule has 0 fully saturated rings. The van der Waals surface area contributed by atoms with E-state index in [9.17, 15) is 0 Å². The summed E-state index contributed by atoms with van der Waals surface area (Å²) in [5.41, 5.74) is 10.5. The van der Waals surface area contributed by atoms with Crippen LogP contribution in [0.1, 0.15) is 28.3 Å². The molecule has 100 valence electrons. The van der Waals surface area contributed by atoms with Gasteiger partial charge in [-0.15, -0.1) is 0 Å². The number of aryl methyl sites for hydroxylation is 2. The molecule has 0 aliphatic rings. The molecule has 0 radical (unpaired) electrons. The van der Waals surface area contributed by atoms with Crippen molar-refractivity contribution in [3.8, 4) is 0 Å². The van der Waals surface area contributed by atoms with E-state index in [1.807, 2.05) is 44.2 Å². The van der Waals surface area contributed by atoms with Crippen LogP contribution in [0.25, 0.3) is 0 Å². The van der Waals surface area contributed by atoms with Crippen LogP contribution < -0.4 is 5.73 Å². The third-order valence-electron chi connectivity index (χ3n) is 3.13. The van der Waals surface area contributed by atoms with Gasteiger partial charge < -0.3 is 5.73 Å². The summed E-state index contributed by atoms with van der Waals surface area (Å²) in [4.78, 5) is 0. The number of halogens is 3. The largest absolute Gasteiger partial charge is 0.320 e. The smallest absolute Gasteiger partial charge is 0.0555 e. The Hall–Kier alpha value is -0.540. The minimum Gasteiger partial charge on any atom is -0.320 e. The molecule has 0 aromatic heterocycles.